The van der Waals surface area contributed by atoms with Crippen LogP contribution in [0, 0.1) is 11.6 Å². The third kappa shape index (κ3) is 5.09. The Bertz CT molecular complexity index is 718. The van der Waals surface area contributed by atoms with Gasteiger partial charge in [-0.3, -0.25) is 9.59 Å². The van der Waals surface area contributed by atoms with Crippen molar-refractivity contribution >= 4 is 17.5 Å². The molecule has 0 radical (unpaired) electrons. The number of hydrogen-bond donors (Lipinski definition) is 3. The van der Waals surface area contributed by atoms with Crippen LogP contribution >= 0.6 is 0 Å². The highest BCUT2D eigenvalue weighted by Crippen LogP contribution is 2.19. The minimum Gasteiger partial charge on any atom is -0.396 e. The maximum Gasteiger partial charge on any atom is 0.313 e. The molecule has 2 rings (SSSR count). The number of halogens is 2. The van der Waals surface area contributed by atoms with Gasteiger partial charge in [0.05, 0.1) is 0 Å². The van der Waals surface area contributed by atoms with Crippen molar-refractivity contribution in [2.75, 3.05) is 18.5 Å². The number of amides is 2. The predicted molar refractivity (Wildman–Crippen MR) is 88.9 cm³/mol. The highest BCUT2D eigenvalue weighted by atomic mass is 19.1. The fourth-order valence-electron chi connectivity index (χ4n) is 2.35. The third-order valence-corrected chi connectivity index (χ3v) is 3.67. The van der Waals surface area contributed by atoms with E-state index in [9.17, 15) is 18.4 Å². The van der Waals surface area contributed by atoms with Crippen molar-refractivity contribution < 1.29 is 23.5 Å². The SMILES string of the molecule is O=C(NCC(CCO)c1ccccc1)C(=O)Nc1c(F)cccc1F. The van der Waals surface area contributed by atoms with E-state index in [4.69, 9.17) is 5.11 Å². The van der Waals surface area contributed by atoms with Crippen molar-refractivity contribution in [1.29, 1.82) is 0 Å². The number of carbonyl (C=O) groups excluding carboxylic acids is 2. The van der Waals surface area contributed by atoms with Crippen molar-refractivity contribution in [3.05, 3.63) is 65.7 Å². The van der Waals surface area contributed by atoms with E-state index in [-0.39, 0.29) is 19.1 Å². The normalized spacial score (nSPS) is 11.6. The van der Waals surface area contributed by atoms with Gasteiger partial charge in [-0.1, -0.05) is 36.4 Å². The number of hydrogen-bond acceptors (Lipinski definition) is 3. The Morgan fingerprint density at radius 2 is 1.60 bits per heavy atom. The molecule has 0 bridgehead atoms. The van der Waals surface area contributed by atoms with Crippen molar-refractivity contribution in [2.24, 2.45) is 0 Å². The Morgan fingerprint density at radius 3 is 2.20 bits per heavy atom. The maximum atomic E-state index is 13.5. The van der Waals surface area contributed by atoms with Crippen molar-refractivity contribution in [1.82, 2.24) is 5.32 Å². The van der Waals surface area contributed by atoms with E-state index in [1.807, 2.05) is 35.6 Å². The highest BCUT2D eigenvalue weighted by molar-refractivity contribution is 6.39. The van der Waals surface area contributed by atoms with Crippen LogP contribution < -0.4 is 10.6 Å². The zero-order valence-electron chi connectivity index (χ0n) is 13.3. The molecule has 2 amide bonds. The predicted octanol–water partition coefficient (Wildman–Crippen LogP) is 2.19. The number of carbonyl (C=O) groups is 2. The second-order valence-corrected chi connectivity index (χ2v) is 5.38. The molecule has 0 fully saturated rings. The monoisotopic (exact) mass is 348 g/mol. The second kappa shape index (κ2) is 8.89. The number of aliphatic hydroxyl groups is 1. The molecule has 1 unspecified atom stereocenters. The highest BCUT2D eigenvalue weighted by Gasteiger charge is 2.20. The summed E-state index contributed by atoms with van der Waals surface area (Å²) in [7, 11) is 0. The van der Waals surface area contributed by atoms with E-state index < -0.39 is 29.1 Å². The van der Waals surface area contributed by atoms with E-state index in [0.29, 0.717) is 6.42 Å². The number of rotatable bonds is 6. The van der Waals surface area contributed by atoms with Gasteiger partial charge in [-0.25, -0.2) is 8.78 Å². The lowest BCUT2D eigenvalue weighted by Gasteiger charge is -2.17. The summed E-state index contributed by atoms with van der Waals surface area (Å²) >= 11 is 0. The lowest BCUT2D eigenvalue weighted by molar-refractivity contribution is -0.136. The standard InChI is InChI=1S/C18H18F2N2O3/c19-14-7-4-8-15(20)16(14)22-18(25)17(24)21-11-13(9-10-23)12-5-2-1-3-6-12/h1-8,13,23H,9-11H2,(H,21,24)(H,22,25). The largest absolute Gasteiger partial charge is 0.396 e. The molecular formula is C18H18F2N2O3. The topological polar surface area (TPSA) is 78.4 Å². The molecule has 0 aliphatic heterocycles. The number of nitrogens with one attached hydrogen (secondary N) is 2. The first-order valence-corrected chi connectivity index (χ1v) is 7.72. The molecule has 0 heterocycles. The van der Waals surface area contributed by atoms with Gasteiger partial charge in [0.15, 0.2) is 0 Å². The van der Waals surface area contributed by atoms with E-state index in [2.05, 4.69) is 5.32 Å². The lowest BCUT2D eigenvalue weighted by Crippen LogP contribution is -2.38. The van der Waals surface area contributed by atoms with E-state index in [0.717, 1.165) is 23.8 Å². The van der Waals surface area contributed by atoms with Gasteiger partial charge in [0.1, 0.15) is 17.3 Å². The molecule has 132 valence electrons. The number of para-hydroxylation sites is 1. The Balaban J connectivity index is 1.97. The summed E-state index contributed by atoms with van der Waals surface area (Å²) < 4.78 is 27.0. The minimum absolute atomic E-state index is 0.0813. The van der Waals surface area contributed by atoms with Gasteiger partial charge in [-0.15, -0.1) is 0 Å². The Kier molecular flexibility index (Phi) is 6.59. The second-order valence-electron chi connectivity index (χ2n) is 5.38. The van der Waals surface area contributed by atoms with Gasteiger partial charge >= 0.3 is 11.8 Å². The summed E-state index contributed by atoms with van der Waals surface area (Å²) in [5, 5.41) is 13.5. The van der Waals surface area contributed by atoms with Gasteiger partial charge in [0, 0.05) is 19.1 Å². The average molecular weight is 348 g/mol. The van der Waals surface area contributed by atoms with Crippen LogP contribution in [-0.2, 0) is 9.59 Å². The van der Waals surface area contributed by atoms with Crippen molar-refractivity contribution in [3.8, 4) is 0 Å². The molecule has 1 atom stereocenters. The van der Waals surface area contributed by atoms with Crippen molar-refractivity contribution in [3.63, 3.8) is 0 Å². The maximum absolute atomic E-state index is 13.5. The van der Waals surface area contributed by atoms with Gasteiger partial charge in [-0.05, 0) is 24.1 Å². The van der Waals surface area contributed by atoms with Crippen LogP contribution in [0.3, 0.4) is 0 Å². The van der Waals surface area contributed by atoms with E-state index in [1.54, 1.807) is 0 Å². The average Bonchev–Trinajstić information content (AvgIpc) is 2.62. The van der Waals surface area contributed by atoms with Crippen LogP contribution in [0.4, 0.5) is 14.5 Å². The molecular weight excluding hydrogens is 330 g/mol. The molecule has 25 heavy (non-hydrogen) atoms. The molecule has 0 aliphatic rings. The van der Waals surface area contributed by atoms with Crippen molar-refractivity contribution in [2.45, 2.75) is 12.3 Å². The number of benzene rings is 2. The fourth-order valence-corrected chi connectivity index (χ4v) is 2.35. The van der Waals surface area contributed by atoms with Crippen LogP contribution in [0.1, 0.15) is 17.9 Å². The van der Waals surface area contributed by atoms with Gasteiger partial charge in [0.25, 0.3) is 0 Å². The first-order valence-electron chi connectivity index (χ1n) is 7.72. The zero-order valence-corrected chi connectivity index (χ0v) is 13.3. The van der Waals surface area contributed by atoms with Crippen LogP contribution in [0.25, 0.3) is 0 Å². The number of anilines is 1. The lowest BCUT2D eigenvalue weighted by atomic mass is 9.96. The van der Waals surface area contributed by atoms with Crippen LogP contribution in [0.2, 0.25) is 0 Å². The smallest absolute Gasteiger partial charge is 0.313 e. The summed E-state index contributed by atoms with van der Waals surface area (Å²) in [6.07, 6.45) is 0.397. The summed E-state index contributed by atoms with van der Waals surface area (Å²) in [4.78, 5) is 23.7. The quantitative estimate of drug-likeness (QED) is 0.700. The van der Waals surface area contributed by atoms with Gasteiger partial charge in [0.2, 0.25) is 0 Å². The molecule has 2 aromatic rings. The van der Waals surface area contributed by atoms with Crippen LogP contribution in [0.15, 0.2) is 48.5 Å². The zero-order chi connectivity index (χ0) is 18.2. The third-order valence-electron chi connectivity index (χ3n) is 3.67. The Hall–Kier alpha value is -2.80. The molecule has 2 aromatic carbocycles. The fraction of sp³-hybridized carbons (Fsp3) is 0.222. The molecule has 3 N–H and O–H groups in total. The molecule has 0 aliphatic carbocycles. The molecule has 0 spiro atoms. The Labute approximate surface area is 143 Å². The van der Waals surface area contributed by atoms with Crippen LogP contribution in [-0.4, -0.2) is 30.1 Å². The van der Waals surface area contributed by atoms with Gasteiger partial charge in [-0.2, -0.15) is 0 Å². The Morgan fingerprint density at radius 1 is 0.960 bits per heavy atom. The van der Waals surface area contributed by atoms with Crippen LogP contribution in [0.5, 0.6) is 0 Å². The molecule has 5 nitrogen and oxygen atoms in total. The number of aliphatic hydroxyl groups excluding tert-OH is 1. The molecule has 0 aromatic heterocycles. The summed E-state index contributed by atoms with van der Waals surface area (Å²) in [5.41, 5.74) is 0.232. The molecule has 0 saturated heterocycles. The summed E-state index contributed by atoms with van der Waals surface area (Å²) in [6, 6.07) is 12.3. The van der Waals surface area contributed by atoms with E-state index in [1.165, 1.54) is 0 Å². The molecule has 0 saturated carbocycles. The minimum atomic E-state index is -1.17. The summed E-state index contributed by atoms with van der Waals surface area (Å²) in [5.74, 6) is -4.30. The summed E-state index contributed by atoms with van der Waals surface area (Å²) in [6.45, 7) is 0.0264. The van der Waals surface area contributed by atoms with Gasteiger partial charge < -0.3 is 15.7 Å². The molecule has 7 heteroatoms. The first kappa shape index (κ1) is 18.5. The first-order chi connectivity index (χ1) is 12.0. The van der Waals surface area contributed by atoms with E-state index >= 15 is 0 Å².